The van der Waals surface area contributed by atoms with Crippen molar-refractivity contribution in [2.45, 2.75) is 51.6 Å². The molecule has 0 fully saturated rings. The van der Waals surface area contributed by atoms with Gasteiger partial charge >= 0.3 is 11.9 Å². The minimum Gasteiger partial charge on any atom is -0.462 e. The summed E-state index contributed by atoms with van der Waals surface area (Å²) in [7, 11) is 0. The second-order valence-electron chi connectivity index (χ2n) is 9.11. The van der Waals surface area contributed by atoms with E-state index in [1.807, 2.05) is 18.2 Å². The average Bonchev–Trinajstić information content (AvgIpc) is 3.55. The fourth-order valence-corrected chi connectivity index (χ4v) is 6.12. The van der Waals surface area contributed by atoms with Crippen LogP contribution in [-0.2, 0) is 27.1 Å². The van der Waals surface area contributed by atoms with Gasteiger partial charge < -0.3 is 19.2 Å². The summed E-state index contributed by atoms with van der Waals surface area (Å²) in [4.78, 5) is 44.1. The summed E-state index contributed by atoms with van der Waals surface area (Å²) < 4.78 is 16.1. The van der Waals surface area contributed by atoms with Crippen molar-refractivity contribution >= 4 is 45.3 Å². The Morgan fingerprint density at radius 1 is 1.13 bits per heavy atom. The smallest absolute Gasteiger partial charge is 0.341 e. The van der Waals surface area contributed by atoms with Crippen molar-refractivity contribution in [3.05, 3.63) is 82.1 Å². The molecule has 0 aliphatic heterocycles. The van der Waals surface area contributed by atoms with Crippen LogP contribution >= 0.6 is 11.3 Å². The predicted octanol–water partition coefficient (Wildman–Crippen LogP) is 5.91. The van der Waals surface area contributed by atoms with Gasteiger partial charge in [-0.05, 0) is 67.9 Å². The van der Waals surface area contributed by atoms with Gasteiger partial charge in [0.1, 0.15) is 10.5 Å². The third-order valence-electron chi connectivity index (χ3n) is 6.73. The van der Waals surface area contributed by atoms with Crippen LogP contribution in [0.15, 0.2) is 59.3 Å². The lowest BCUT2D eigenvalue weighted by molar-refractivity contribution is -0.124. The van der Waals surface area contributed by atoms with E-state index in [9.17, 15) is 14.4 Å². The highest BCUT2D eigenvalue weighted by atomic mass is 32.1. The molecule has 0 spiro atoms. The van der Waals surface area contributed by atoms with Crippen LogP contribution in [-0.4, -0.2) is 35.5 Å². The first-order valence-corrected chi connectivity index (χ1v) is 13.5. The number of ether oxygens (including phenoxy) is 2. The van der Waals surface area contributed by atoms with Gasteiger partial charge in [-0.15, -0.1) is 11.3 Å². The van der Waals surface area contributed by atoms with Crippen LogP contribution in [0.5, 0.6) is 0 Å². The molecule has 2 aromatic carbocycles. The Labute approximate surface area is 224 Å². The molecule has 0 bridgehead atoms. The first kappa shape index (κ1) is 25.7. The van der Waals surface area contributed by atoms with E-state index in [2.05, 4.69) is 22.4 Å². The van der Waals surface area contributed by atoms with Gasteiger partial charge in [0.05, 0.1) is 17.7 Å². The molecular formula is C29H28N2O6S. The molecule has 0 radical (unpaired) electrons. The van der Waals surface area contributed by atoms with Gasteiger partial charge in [-0.2, -0.15) is 0 Å². The highest BCUT2D eigenvalue weighted by Gasteiger charge is 2.32. The Hall–Kier alpha value is -3.98. The Morgan fingerprint density at radius 2 is 1.95 bits per heavy atom. The molecule has 9 heteroatoms. The summed E-state index contributed by atoms with van der Waals surface area (Å²) in [5, 5.41) is 3.31. The molecule has 1 amide bonds. The normalized spacial score (nSPS) is 15.5. The van der Waals surface area contributed by atoms with Crippen molar-refractivity contribution in [1.82, 2.24) is 4.98 Å². The second-order valence-corrected chi connectivity index (χ2v) is 10.2. The highest BCUT2D eigenvalue weighted by Crippen LogP contribution is 2.43. The molecule has 1 aliphatic rings. The summed E-state index contributed by atoms with van der Waals surface area (Å²) in [5.74, 6) is -1.25. The minimum absolute atomic E-state index is 0.231. The molecule has 0 saturated heterocycles. The van der Waals surface area contributed by atoms with Crippen molar-refractivity contribution in [2.24, 2.45) is 0 Å². The summed E-state index contributed by atoms with van der Waals surface area (Å²) in [6, 6.07) is 15.1. The van der Waals surface area contributed by atoms with Crippen molar-refractivity contribution in [1.29, 1.82) is 0 Å². The maximum atomic E-state index is 13.3. The van der Waals surface area contributed by atoms with Gasteiger partial charge in [0, 0.05) is 4.88 Å². The molecule has 8 nitrogen and oxygen atoms in total. The van der Waals surface area contributed by atoms with Crippen LogP contribution in [0.25, 0.3) is 11.1 Å². The number of carbonyl (C=O) groups excluding carboxylic acids is 3. The summed E-state index contributed by atoms with van der Waals surface area (Å²) in [5.41, 5.74) is 3.94. The van der Waals surface area contributed by atoms with Gasteiger partial charge in [0.2, 0.25) is 0 Å². The van der Waals surface area contributed by atoms with Crippen LogP contribution in [0.1, 0.15) is 69.3 Å². The molecule has 4 aromatic rings. The average molecular weight is 533 g/mol. The molecule has 1 aliphatic carbocycles. The number of hydrogen-bond acceptors (Lipinski definition) is 8. The fourth-order valence-electron chi connectivity index (χ4n) is 4.80. The van der Waals surface area contributed by atoms with Crippen molar-refractivity contribution in [2.75, 3.05) is 11.9 Å². The monoisotopic (exact) mass is 532 g/mol. The number of amides is 1. The van der Waals surface area contributed by atoms with Gasteiger partial charge in [-0.1, -0.05) is 37.3 Å². The Morgan fingerprint density at radius 3 is 2.71 bits per heavy atom. The zero-order chi connectivity index (χ0) is 26.6. The maximum Gasteiger partial charge on any atom is 0.341 e. The molecule has 2 unspecified atom stereocenters. The number of benzene rings is 2. The molecule has 1 N–H and O–H groups in total. The van der Waals surface area contributed by atoms with E-state index in [1.165, 1.54) is 23.3 Å². The van der Waals surface area contributed by atoms with Crippen LogP contribution < -0.4 is 5.32 Å². The van der Waals surface area contributed by atoms with Gasteiger partial charge in [0.25, 0.3) is 5.91 Å². The zero-order valence-electron chi connectivity index (χ0n) is 21.2. The third kappa shape index (κ3) is 5.19. The number of rotatable bonds is 8. The molecule has 5 rings (SSSR count). The van der Waals surface area contributed by atoms with Crippen LogP contribution in [0.4, 0.5) is 5.00 Å². The van der Waals surface area contributed by atoms with E-state index in [-0.39, 0.29) is 18.6 Å². The minimum atomic E-state index is -1.04. The van der Waals surface area contributed by atoms with E-state index in [0.29, 0.717) is 34.0 Å². The van der Waals surface area contributed by atoms with Crippen molar-refractivity contribution in [3.8, 4) is 0 Å². The number of aromatic nitrogens is 1. The number of hydrogen-bond donors (Lipinski definition) is 1. The molecule has 2 atom stereocenters. The predicted molar refractivity (Wildman–Crippen MR) is 144 cm³/mol. The van der Waals surface area contributed by atoms with E-state index in [4.69, 9.17) is 13.9 Å². The van der Waals surface area contributed by atoms with E-state index >= 15 is 0 Å². The van der Waals surface area contributed by atoms with E-state index in [1.54, 1.807) is 32.0 Å². The SMILES string of the molecule is CCOC(=O)c1c(NC(=O)C(CC)OC(=O)c2ccc3ocnc3c2)sc2c1CCC(c1ccccc1)C2. The number of nitrogens with zero attached hydrogens (tertiary/aromatic N) is 1. The molecule has 2 heterocycles. The zero-order valence-corrected chi connectivity index (χ0v) is 22.0. The number of thiophene rings is 1. The number of carbonyl (C=O) groups is 3. The largest absolute Gasteiger partial charge is 0.462 e. The fraction of sp³-hybridized carbons (Fsp3) is 0.310. The van der Waals surface area contributed by atoms with E-state index < -0.39 is 23.9 Å². The summed E-state index contributed by atoms with van der Waals surface area (Å²) in [6.07, 6.45) is 2.92. The summed E-state index contributed by atoms with van der Waals surface area (Å²) >= 11 is 1.40. The lowest BCUT2D eigenvalue weighted by atomic mass is 9.83. The topological polar surface area (TPSA) is 108 Å². The van der Waals surface area contributed by atoms with E-state index in [0.717, 1.165) is 23.3 Å². The van der Waals surface area contributed by atoms with Gasteiger partial charge in [-0.25, -0.2) is 14.6 Å². The van der Waals surface area contributed by atoms with Crippen molar-refractivity contribution in [3.63, 3.8) is 0 Å². The number of anilines is 1. The maximum absolute atomic E-state index is 13.3. The van der Waals surface area contributed by atoms with Crippen LogP contribution in [0, 0.1) is 0 Å². The third-order valence-corrected chi connectivity index (χ3v) is 7.90. The number of nitrogens with one attached hydrogen (secondary N) is 1. The Bertz CT molecular complexity index is 1480. The number of fused-ring (bicyclic) bond motifs is 2. The van der Waals surface area contributed by atoms with Gasteiger partial charge in [-0.3, -0.25) is 4.79 Å². The number of esters is 2. The van der Waals surface area contributed by atoms with Crippen LogP contribution in [0.2, 0.25) is 0 Å². The molecule has 0 saturated carbocycles. The van der Waals surface area contributed by atoms with Crippen LogP contribution in [0.3, 0.4) is 0 Å². The molecular weight excluding hydrogens is 504 g/mol. The number of oxazole rings is 1. The van der Waals surface area contributed by atoms with Gasteiger partial charge in [0.15, 0.2) is 18.1 Å². The molecule has 2 aromatic heterocycles. The Kier molecular flexibility index (Phi) is 7.55. The lowest BCUT2D eigenvalue weighted by Gasteiger charge is -2.23. The highest BCUT2D eigenvalue weighted by molar-refractivity contribution is 7.17. The molecule has 38 heavy (non-hydrogen) atoms. The lowest BCUT2D eigenvalue weighted by Crippen LogP contribution is -2.32. The quantitative estimate of drug-likeness (QED) is 0.281. The second kappa shape index (κ2) is 11.2. The standard InChI is InChI=1S/C29H28N2O6S/c1-3-22(37-28(33)19-11-13-23-21(14-19)30-16-36-23)26(32)31-27-25(29(34)35-4-2)20-12-10-18(15-24(20)38-27)17-8-6-5-7-9-17/h5-9,11,13-14,16,18,22H,3-4,10,12,15H2,1-2H3,(H,31,32). The summed E-state index contributed by atoms with van der Waals surface area (Å²) in [6.45, 7) is 3.74. The molecule has 196 valence electrons. The first-order valence-electron chi connectivity index (χ1n) is 12.7. The first-order chi connectivity index (χ1) is 18.5. The Balaban J connectivity index is 1.36. The van der Waals surface area contributed by atoms with Crippen molar-refractivity contribution < 1.29 is 28.3 Å².